The van der Waals surface area contributed by atoms with E-state index < -0.39 is 10.8 Å². The predicted molar refractivity (Wildman–Crippen MR) is 91.1 cm³/mol. The van der Waals surface area contributed by atoms with E-state index in [0.717, 1.165) is 15.6 Å². The van der Waals surface area contributed by atoms with E-state index in [4.69, 9.17) is 0 Å². The van der Waals surface area contributed by atoms with E-state index in [1.165, 1.54) is 0 Å². The van der Waals surface area contributed by atoms with Crippen molar-refractivity contribution in [3.8, 4) is 0 Å². The van der Waals surface area contributed by atoms with Crippen LogP contribution in [0.3, 0.4) is 0 Å². The first kappa shape index (κ1) is 16.6. The summed E-state index contributed by atoms with van der Waals surface area (Å²) in [5.74, 6) is 0.175. The molecule has 2 atom stereocenters. The molecule has 0 bridgehead atoms. The Kier molecular flexibility index (Phi) is 5.68. The third-order valence-electron chi connectivity index (χ3n) is 3.07. The third-order valence-corrected chi connectivity index (χ3v) is 5.20. The van der Waals surface area contributed by atoms with E-state index in [2.05, 4.69) is 15.6 Å². The Hall–Kier alpha value is -1.73. The highest BCUT2D eigenvalue weighted by molar-refractivity contribution is 7.84. The molecule has 2 N–H and O–H groups in total. The zero-order chi connectivity index (χ0) is 16.1. The highest BCUT2D eigenvalue weighted by Gasteiger charge is 2.11. The smallest absolute Gasteiger partial charge is 0.319 e. The number of carbonyl (C=O) groups excluding carboxylic acids is 1. The second kappa shape index (κ2) is 7.51. The van der Waals surface area contributed by atoms with Gasteiger partial charge in [-0.3, -0.25) is 4.21 Å². The molecule has 0 fully saturated rings. The highest BCUT2D eigenvalue weighted by Crippen LogP contribution is 2.19. The third kappa shape index (κ3) is 4.64. The van der Waals surface area contributed by atoms with Crippen LogP contribution in [0.4, 0.5) is 10.5 Å². The van der Waals surface area contributed by atoms with Gasteiger partial charge in [0.05, 0.1) is 5.01 Å². The van der Waals surface area contributed by atoms with Gasteiger partial charge < -0.3 is 10.6 Å². The standard InChI is InChI=1S/C15H19N3O2S2/c1-10(14-17-11(2)9-21-14)8-16-15(19)18-12-4-6-13(7-5-12)22(3)20/h4-7,9-10H,8H2,1-3H3,(H2,16,18,19)/t10-,22-/m0/s1. The quantitative estimate of drug-likeness (QED) is 0.880. The lowest BCUT2D eigenvalue weighted by molar-refractivity contribution is 0.251. The molecule has 7 heteroatoms. The molecule has 2 rings (SSSR count). The fourth-order valence-corrected chi connectivity index (χ4v) is 3.21. The summed E-state index contributed by atoms with van der Waals surface area (Å²) in [6.45, 7) is 4.51. The average molecular weight is 337 g/mol. The van der Waals surface area contributed by atoms with Gasteiger partial charge in [0.25, 0.3) is 0 Å². The van der Waals surface area contributed by atoms with Crippen LogP contribution in [0.25, 0.3) is 0 Å². The fourth-order valence-electron chi connectivity index (χ4n) is 1.84. The van der Waals surface area contributed by atoms with Gasteiger partial charge in [-0.2, -0.15) is 0 Å². The van der Waals surface area contributed by atoms with E-state index >= 15 is 0 Å². The minimum atomic E-state index is -1.01. The van der Waals surface area contributed by atoms with Gasteiger partial charge in [-0.15, -0.1) is 11.3 Å². The zero-order valence-electron chi connectivity index (χ0n) is 12.8. The molecule has 0 aliphatic heterocycles. The normalized spacial score (nSPS) is 13.4. The number of aromatic nitrogens is 1. The molecule has 0 saturated heterocycles. The number of nitrogens with one attached hydrogen (secondary N) is 2. The van der Waals surface area contributed by atoms with E-state index in [1.54, 1.807) is 41.9 Å². The maximum atomic E-state index is 11.9. The first-order valence-corrected chi connectivity index (χ1v) is 9.30. The molecule has 118 valence electrons. The molecule has 0 unspecified atom stereocenters. The summed E-state index contributed by atoms with van der Waals surface area (Å²) < 4.78 is 11.3. The largest absolute Gasteiger partial charge is 0.337 e. The van der Waals surface area contributed by atoms with Gasteiger partial charge in [0.15, 0.2) is 0 Å². The van der Waals surface area contributed by atoms with Crippen LogP contribution in [-0.4, -0.2) is 28.0 Å². The number of hydrogen-bond donors (Lipinski definition) is 2. The van der Waals surface area contributed by atoms with Gasteiger partial charge >= 0.3 is 6.03 Å². The molecular weight excluding hydrogens is 318 g/mol. The number of carbonyl (C=O) groups is 1. The van der Waals surface area contributed by atoms with Crippen LogP contribution in [0.2, 0.25) is 0 Å². The molecule has 1 heterocycles. The van der Waals surface area contributed by atoms with Gasteiger partial charge in [-0.05, 0) is 31.2 Å². The van der Waals surface area contributed by atoms with Crippen LogP contribution >= 0.6 is 11.3 Å². The summed E-state index contributed by atoms with van der Waals surface area (Å²) in [6.07, 6.45) is 1.62. The Balaban J connectivity index is 1.83. The molecule has 0 radical (unpaired) electrons. The van der Waals surface area contributed by atoms with E-state index in [1.807, 2.05) is 19.2 Å². The van der Waals surface area contributed by atoms with Crippen molar-refractivity contribution in [2.75, 3.05) is 18.1 Å². The van der Waals surface area contributed by atoms with Crippen molar-refractivity contribution < 1.29 is 9.00 Å². The molecular formula is C15H19N3O2S2. The molecule has 0 aliphatic carbocycles. The Bertz CT molecular complexity index is 668. The molecule has 1 aromatic carbocycles. The van der Waals surface area contributed by atoms with Crippen molar-refractivity contribution in [1.82, 2.24) is 10.3 Å². The molecule has 0 aliphatic rings. The number of nitrogens with zero attached hydrogens (tertiary/aromatic N) is 1. The summed E-state index contributed by atoms with van der Waals surface area (Å²) >= 11 is 1.61. The van der Waals surface area contributed by atoms with Gasteiger partial charge in [0, 0.05) is 51.2 Å². The van der Waals surface area contributed by atoms with E-state index in [9.17, 15) is 9.00 Å². The molecule has 1 aromatic heterocycles. The SMILES string of the molecule is Cc1csc([C@@H](C)CNC(=O)Nc2ccc([S@](C)=O)cc2)n1. The van der Waals surface area contributed by atoms with Crippen LogP contribution in [0.1, 0.15) is 23.5 Å². The first-order chi connectivity index (χ1) is 10.5. The minimum Gasteiger partial charge on any atom is -0.337 e. The van der Waals surface area contributed by atoms with Gasteiger partial charge in [0.1, 0.15) is 0 Å². The Morgan fingerprint density at radius 1 is 1.36 bits per heavy atom. The van der Waals surface area contributed by atoms with Crippen molar-refractivity contribution in [2.24, 2.45) is 0 Å². The van der Waals surface area contributed by atoms with Crippen LogP contribution in [0, 0.1) is 6.92 Å². The molecule has 0 saturated carbocycles. The fraction of sp³-hybridized carbons (Fsp3) is 0.333. The average Bonchev–Trinajstić information content (AvgIpc) is 2.92. The highest BCUT2D eigenvalue weighted by atomic mass is 32.2. The van der Waals surface area contributed by atoms with Crippen molar-refractivity contribution in [3.63, 3.8) is 0 Å². The maximum Gasteiger partial charge on any atom is 0.319 e. The number of hydrogen-bond acceptors (Lipinski definition) is 4. The van der Waals surface area contributed by atoms with Gasteiger partial charge in [0.2, 0.25) is 0 Å². The van der Waals surface area contributed by atoms with Gasteiger partial charge in [-0.25, -0.2) is 9.78 Å². The number of aryl methyl sites for hydroxylation is 1. The van der Waals surface area contributed by atoms with Crippen molar-refractivity contribution in [2.45, 2.75) is 24.7 Å². The van der Waals surface area contributed by atoms with Gasteiger partial charge in [-0.1, -0.05) is 6.92 Å². The summed E-state index contributed by atoms with van der Waals surface area (Å²) in [7, 11) is -1.01. The second-order valence-corrected chi connectivity index (χ2v) is 7.31. The molecule has 22 heavy (non-hydrogen) atoms. The van der Waals surface area contributed by atoms with Crippen molar-refractivity contribution in [1.29, 1.82) is 0 Å². The summed E-state index contributed by atoms with van der Waals surface area (Å²) in [5, 5.41) is 8.61. The van der Waals surface area contributed by atoms with Crippen LogP contribution < -0.4 is 10.6 Å². The lowest BCUT2D eigenvalue weighted by Crippen LogP contribution is -2.31. The molecule has 5 nitrogen and oxygen atoms in total. The zero-order valence-corrected chi connectivity index (χ0v) is 14.4. The molecule has 2 aromatic rings. The number of thiazole rings is 1. The lowest BCUT2D eigenvalue weighted by Gasteiger charge is -2.11. The number of amides is 2. The summed E-state index contributed by atoms with van der Waals surface area (Å²) in [5.41, 5.74) is 1.68. The van der Waals surface area contributed by atoms with Crippen molar-refractivity contribution >= 4 is 33.9 Å². The van der Waals surface area contributed by atoms with Crippen LogP contribution in [0.5, 0.6) is 0 Å². The first-order valence-electron chi connectivity index (χ1n) is 6.86. The number of urea groups is 1. The number of benzene rings is 1. The van der Waals surface area contributed by atoms with Crippen molar-refractivity contribution in [3.05, 3.63) is 40.3 Å². The summed E-state index contributed by atoms with van der Waals surface area (Å²) in [6, 6.07) is 6.71. The predicted octanol–water partition coefficient (Wildman–Crippen LogP) is 3.11. The monoisotopic (exact) mass is 337 g/mol. The maximum absolute atomic E-state index is 11.9. The topological polar surface area (TPSA) is 71.1 Å². The molecule has 0 spiro atoms. The van der Waals surface area contributed by atoms with E-state index in [0.29, 0.717) is 12.2 Å². The number of anilines is 1. The minimum absolute atomic E-state index is 0.175. The Morgan fingerprint density at radius 3 is 2.59 bits per heavy atom. The summed E-state index contributed by atoms with van der Waals surface area (Å²) in [4.78, 5) is 17.0. The Labute approximate surface area is 136 Å². The Morgan fingerprint density at radius 2 is 2.05 bits per heavy atom. The second-order valence-electron chi connectivity index (χ2n) is 5.04. The number of rotatable bonds is 5. The molecule has 2 amide bonds. The van der Waals surface area contributed by atoms with E-state index in [-0.39, 0.29) is 11.9 Å². The van der Waals surface area contributed by atoms with Crippen LogP contribution in [-0.2, 0) is 10.8 Å². The van der Waals surface area contributed by atoms with Crippen LogP contribution in [0.15, 0.2) is 34.5 Å². The lowest BCUT2D eigenvalue weighted by atomic mass is 10.2.